The quantitative estimate of drug-likeness (QED) is 0.733. The molecule has 0 aliphatic rings. The molecule has 0 bridgehead atoms. The van der Waals surface area contributed by atoms with Crippen molar-refractivity contribution in [2.24, 2.45) is 5.73 Å². The number of nitrogens with zero attached hydrogens (tertiary/aromatic N) is 1. The third-order valence-corrected chi connectivity index (χ3v) is 2.49. The molecular formula is C11H26N2O. The van der Waals surface area contributed by atoms with Crippen LogP contribution in [0.3, 0.4) is 0 Å². The van der Waals surface area contributed by atoms with Crippen LogP contribution < -0.4 is 5.73 Å². The van der Waals surface area contributed by atoms with Gasteiger partial charge in [-0.15, -0.1) is 0 Å². The number of ether oxygens (including phenoxy) is 1. The molecule has 0 saturated carbocycles. The van der Waals surface area contributed by atoms with E-state index in [0.29, 0.717) is 6.54 Å². The van der Waals surface area contributed by atoms with E-state index in [1.807, 2.05) is 0 Å². The molecule has 0 heterocycles. The van der Waals surface area contributed by atoms with E-state index in [1.54, 1.807) is 0 Å². The van der Waals surface area contributed by atoms with Crippen molar-refractivity contribution in [1.82, 2.24) is 4.90 Å². The van der Waals surface area contributed by atoms with E-state index in [4.69, 9.17) is 10.5 Å². The number of hydrogen-bond donors (Lipinski definition) is 1. The molecule has 0 spiro atoms. The third-order valence-electron chi connectivity index (χ3n) is 2.49. The number of likely N-dealkylation sites (N-methyl/N-ethyl adjacent to an activating group) is 1. The standard InChI is InChI=1S/C11H26N2O/c1-10(2,3)14-8-7-13(6)11(4,5)9-12/h7-9,12H2,1-6H3. The van der Waals surface area contributed by atoms with Gasteiger partial charge in [-0.05, 0) is 41.7 Å². The molecular weight excluding hydrogens is 176 g/mol. The highest BCUT2D eigenvalue weighted by molar-refractivity contribution is 4.79. The zero-order valence-corrected chi connectivity index (χ0v) is 10.6. The van der Waals surface area contributed by atoms with Crippen LogP contribution >= 0.6 is 0 Å². The summed E-state index contributed by atoms with van der Waals surface area (Å²) in [4.78, 5) is 2.23. The summed E-state index contributed by atoms with van der Waals surface area (Å²) in [5, 5.41) is 0. The fourth-order valence-corrected chi connectivity index (χ4v) is 0.947. The van der Waals surface area contributed by atoms with Crippen molar-refractivity contribution in [3.8, 4) is 0 Å². The number of nitrogens with two attached hydrogens (primary N) is 1. The van der Waals surface area contributed by atoms with Gasteiger partial charge < -0.3 is 10.5 Å². The first-order valence-electron chi connectivity index (χ1n) is 5.24. The molecule has 0 aromatic heterocycles. The Hall–Kier alpha value is -0.120. The molecule has 2 N–H and O–H groups in total. The van der Waals surface area contributed by atoms with Crippen LogP contribution in [0.2, 0.25) is 0 Å². The number of hydrogen-bond acceptors (Lipinski definition) is 3. The monoisotopic (exact) mass is 202 g/mol. The van der Waals surface area contributed by atoms with Gasteiger partial charge in [-0.1, -0.05) is 0 Å². The first-order valence-corrected chi connectivity index (χ1v) is 5.24. The number of rotatable bonds is 5. The van der Waals surface area contributed by atoms with E-state index < -0.39 is 0 Å². The van der Waals surface area contributed by atoms with E-state index in [2.05, 4.69) is 46.6 Å². The molecule has 0 saturated heterocycles. The predicted molar refractivity (Wildman–Crippen MR) is 61.5 cm³/mol. The molecule has 86 valence electrons. The van der Waals surface area contributed by atoms with Crippen molar-refractivity contribution in [3.63, 3.8) is 0 Å². The van der Waals surface area contributed by atoms with Gasteiger partial charge in [-0.3, -0.25) is 4.90 Å². The third kappa shape index (κ3) is 5.58. The summed E-state index contributed by atoms with van der Waals surface area (Å²) >= 11 is 0. The van der Waals surface area contributed by atoms with Crippen LogP contribution in [-0.4, -0.2) is 42.8 Å². The van der Waals surface area contributed by atoms with Gasteiger partial charge in [0.25, 0.3) is 0 Å². The summed E-state index contributed by atoms with van der Waals surface area (Å²) in [6.45, 7) is 12.8. The van der Waals surface area contributed by atoms with Crippen molar-refractivity contribution in [2.75, 3.05) is 26.7 Å². The molecule has 0 aromatic rings. The van der Waals surface area contributed by atoms with Crippen LogP contribution in [0.4, 0.5) is 0 Å². The van der Waals surface area contributed by atoms with Crippen LogP contribution in [0.1, 0.15) is 34.6 Å². The van der Waals surface area contributed by atoms with Crippen molar-refractivity contribution >= 4 is 0 Å². The second-order valence-corrected chi connectivity index (χ2v) is 5.40. The van der Waals surface area contributed by atoms with Crippen LogP contribution in [0.5, 0.6) is 0 Å². The van der Waals surface area contributed by atoms with Gasteiger partial charge in [0.1, 0.15) is 0 Å². The Morgan fingerprint density at radius 1 is 1.14 bits per heavy atom. The highest BCUT2D eigenvalue weighted by Gasteiger charge is 2.21. The van der Waals surface area contributed by atoms with Gasteiger partial charge in [-0.25, -0.2) is 0 Å². The molecule has 0 amide bonds. The summed E-state index contributed by atoms with van der Waals surface area (Å²) in [5.41, 5.74) is 5.69. The van der Waals surface area contributed by atoms with Crippen LogP contribution in [-0.2, 0) is 4.74 Å². The summed E-state index contributed by atoms with van der Waals surface area (Å²) in [6, 6.07) is 0. The van der Waals surface area contributed by atoms with Crippen LogP contribution in [0, 0.1) is 0 Å². The lowest BCUT2D eigenvalue weighted by atomic mass is 10.0. The summed E-state index contributed by atoms with van der Waals surface area (Å²) in [6.07, 6.45) is 0. The lowest BCUT2D eigenvalue weighted by Gasteiger charge is -2.35. The fourth-order valence-electron chi connectivity index (χ4n) is 0.947. The second-order valence-electron chi connectivity index (χ2n) is 5.40. The van der Waals surface area contributed by atoms with Crippen molar-refractivity contribution in [2.45, 2.75) is 45.8 Å². The SMILES string of the molecule is CN(CCOC(C)(C)C)C(C)(C)CN. The van der Waals surface area contributed by atoms with E-state index in [9.17, 15) is 0 Å². The zero-order valence-electron chi connectivity index (χ0n) is 10.6. The molecule has 0 unspecified atom stereocenters. The normalized spacial score (nSPS) is 13.7. The van der Waals surface area contributed by atoms with Crippen LogP contribution in [0.25, 0.3) is 0 Å². The average molecular weight is 202 g/mol. The van der Waals surface area contributed by atoms with E-state index in [-0.39, 0.29) is 11.1 Å². The molecule has 0 aliphatic heterocycles. The maximum absolute atomic E-state index is 5.68. The molecule has 0 aromatic carbocycles. The molecule has 0 atom stereocenters. The van der Waals surface area contributed by atoms with Gasteiger partial charge in [0.05, 0.1) is 12.2 Å². The predicted octanol–water partition coefficient (Wildman–Crippen LogP) is 1.47. The maximum atomic E-state index is 5.68. The molecule has 0 fully saturated rings. The minimum Gasteiger partial charge on any atom is -0.375 e. The minimum absolute atomic E-state index is 0.0479. The molecule has 0 aliphatic carbocycles. The topological polar surface area (TPSA) is 38.5 Å². The Morgan fingerprint density at radius 3 is 2.00 bits per heavy atom. The van der Waals surface area contributed by atoms with Gasteiger partial charge in [0, 0.05) is 18.6 Å². The van der Waals surface area contributed by atoms with Crippen molar-refractivity contribution in [3.05, 3.63) is 0 Å². The van der Waals surface area contributed by atoms with E-state index in [1.165, 1.54) is 0 Å². The lowest BCUT2D eigenvalue weighted by molar-refractivity contribution is -0.0197. The summed E-state index contributed by atoms with van der Waals surface area (Å²) in [7, 11) is 2.08. The minimum atomic E-state index is -0.0479. The Balaban J connectivity index is 3.80. The Bertz CT molecular complexity index is 161. The summed E-state index contributed by atoms with van der Waals surface area (Å²) in [5.74, 6) is 0. The Labute approximate surface area is 88.6 Å². The van der Waals surface area contributed by atoms with Crippen molar-refractivity contribution in [1.29, 1.82) is 0 Å². The fraction of sp³-hybridized carbons (Fsp3) is 1.00. The molecule has 3 heteroatoms. The smallest absolute Gasteiger partial charge is 0.0600 e. The first kappa shape index (κ1) is 13.9. The average Bonchev–Trinajstić information content (AvgIpc) is 2.02. The van der Waals surface area contributed by atoms with E-state index >= 15 is 0 Å². The second kappa shape index (κ2) is 5.10. The molecule has 3 nitrogen and oxygen atoms in total. The highest BCUT2D eigenvalue weighted by atomic mass is 16.5. The van der Waals surface area contributed by atoms with Gasteiger partial charge in [0.2, 0.25) is 0 Å². The summed E-state index contributed by atoms with van der Waals surface area (Å²) < 4.78 is 5.66. The molecule has 0 rings (SSSR count). The van der Waals surface area contributed by atoms with Gasteiger partial charge >= 0.3 is 0 Å². The molecule has 14 heavy (non-hydrogen) atoms. The Kier molecular flexibility index (Phi) is 5.06. The molecule has 0 radical (unpaired) electrons. The maximum Gasteiger partial charge on any atom is 0.0600 e. The van der Waals surface area contributed by atoms with E-state index in [0.717, 1.165) is 13.2 Å². The van der Waals surface area contributed by atoms with Gasteiger partial charge in [-0.2, -0.15) is 0 Å². The van der Waals surface area contributed by atoms with Crippen LogP contribution in [0.15, 0.2) is 0 Å². The zero-order chi connectivity index (χ0) is 11.4. The van der Waals surface area contributed by atoms with Crippen molar-refractivity contribution < 1.29 is 4.74 Å². The highest BCUT2D eigenvalue weighted by Crippen LogP contribution is 2.11. The largest absolute Gasteiger partial charge is 0.375 e. The van der Waals surface area contributed by atoms with Gasteiger partial charge in [0.15, 0.2) is 0 Å². The first-order chi connectivity index (χ1) is 6.19. The lowest BCUT2D eigenvalue weighted by Crippen LogP contribution is -2.48. The Morgan fingerprint density at radius 2 is 1.64 bits per heavy atom.